The van der Waals surface area contributed by atoms with Crippen LogP contribution in [-0.2, 0) is 6.54 Å². The molecule has 0 saturated heterocycles. The number of carbonyl (C=O) groups excluding carboxylic acids is 1. The van der Waals surface area contributed by atoms with E-state index in [9.17, 15) is 4.79 Å². The van der Waals surface area contributed by atoms with E-state index in [1.54, 1.807) is 0 Å². The largest absolute Gasteiger partial charge is 0.321 e. The smallest absolute Gasteiger partial charge is 0.265 e. The van der Waals surface area contributed by atoms with Gasteiger partial charge >= 0.3 is 0 Å². The van der Waals surface area contributed by atoms with E-state index in [4.69, 9.17) is 0 Å². The molecular formula is C22H21N3OS. The van der Waals surface area contributed by atoms with Crippen molar-refractivity contribution in [2.45, 2.75) is 27.3 Å². The normalized spacial score (nSPS) is 11.1. The number of benzene rings is 2. The minimum atomic E-state index is -0.0771. The van der Waals surface area contributed by atoms with Gasteiger partial charge in [0.15, 0.2) is 0 Å². The summed E-state index contributed by atoms with van der Waals surface area (Å²) in [6, 6.07) is 18.2. The molecule has 0 aliphatic carbocycles. The summed E-state index contributed by atoms with van der Waals surface area (Å²) in [7, 11) is 0. The molecule has 2 aromatic carbocycles. The Kier molecular flexibility index (Phi) is 4.54. The lowest BCUT2D eigenvalue weighted by molar-refractivity contribution is 0.103. The van der Waals surface area contributed by atoms with Crippen molar-refractivity contribution in [2.24, 2.45) is 0 Å². The van der Waals surface area contributed by atoms with E-state index in [0.29, 0.717) is 11.4 Å². The number of nitrogens with one attached hydrogen (secondary N) is 1. The molecule has 0 unspecified atom stereocenters. The van der Waals surface area contributed by atoms with Crippen molar-refractivity contribution in [3.05, 3.63) is 81.9 Å². The molecule has 1 N–H and O–H groups in total. The molecule has 0 radical (unpaired) electrons. The van der Waals surface area contributed by atoms with Crippen LogP contribution >= 0.6 is 11.3 Å². The second-order valence-corrected chi connectivity index (χ2v) is 7.86. The fourth-order valence-electron chi connectivity index (χ4n) is 3.10. The van der Waals surface area contributed by atoms with Crippen molar-refractivity contribution in [1.29, 1.82) is 0 Å². The summed E-state index contributed by atoms with van der Waals surface area (Å²) >= 11 is 1.49. The predicted octanol–water partition coefficient (Wildman–Crippen LogP) is 5.32. The molecule has 5 heteroatoms. The molecule has 27 heavy (non-hydrogen) atoms. The van der Waals surface area contributed by atoms with Gasteiger partial charge in [0, 0.05) is 11.1 Å². The Balaban J connectivity index is 1.63. The summed E-state index contributed by atoms with van der Waals surface area (Å²) in [5, 5.41) is 8.72. The highest BCUT2D eigenvalue weighted by Crippen LogP contribution is 2.29. The zero-order valence-corrected chi connectivity index (χ0v) is 16.4. The van der Waals surface area contributed by atoms with Gasteiger partial charge < -0.3 is 5.32 Å². The number of hydrogen-bond acceptors (Lipinski definition) is 3. The van der Waals surface area contributed by atoms with Gasteiger partial charge in [-0.05, 0) is 44.0 Å². The van der Waals surface area contributed by atoms with Crippen molar-refractivity contribution in [3.63, 3.8) is 0 Å². The van der Waals surface area contributed by atoms with Crippen LogP contribution in [0.25, 0.3) is 10.2 Å². The summed E-state index contributed by atoms with van der Waals surface area (Å²) in [5.74, 6) is -0.0771. The number of rotatable bonds is 4. The number of amides is 1. The van der Waals surface area contributed by atoms with Crippen LogP contribution < -0.4 is 5.32 Å². The number of fused-ring (bicyclic) bond motifs is 1. The van der Waals surface area contributed by atoms with Crippen LogP contribution in [0.2, 0.25) is 0 Å². The van der Waals surface area contributed by atoms with Crippen LogP contribution in [0.15, 0.2) is 54.6 Å². The minimum Gasteiger partial charge on any atom is -0.321 e. The SMILES string of the molecule is Cc1ccc(Cn2nc(C)c3cc(C(=O)Nc4ccccc4C)sc32)cc1. The van der Waals surface area contributed by atoms with Gasteiger partial charge in [0.2, 0.25) is 0 Å². The van der Waals surface area contributed by atoms with E-state index in [-0.39, 0.29) is 5.91 Å². The van der Waals surface area contributed by atoms with Crippen LogP contribution in [0.4, 0.5) is 5.69 Å². The van der Waals surface area contributed by atoms with Gasteiger partial charge in [-0.3, -0.25) is 9.48 Å². The van der Waals surface area contributed by atoms with E-state index in [1.807, 2.05) is 48.9 Å². The highest BCUT2D eigenvalue weighted by atomic mass is 32.1. The highest BCUT2D eigenvalue weighted by Gasteiger charge is 2.17. The van der Waals surface area contributed by atoms with Crippen LogP contribution in [0.5, 0.6) is 0 Å². The highest BCUT2D eigenvalue weighted by molar-refractivity contribution is 7.20. The maximum atomic E-state index is 12.7. The summed E-state index contributed by atoms with van der Waals surface area (Å²) in [6.07, 6.45) is 0. The lowest BCUT2D eigenvalue weighted by Crippen LogP contribution is -2.11. The molecular weight excluding hydrogens is 354 g/mol. The Labute approximate surface area is 162 Å². The van der Waals surface area contributed by atoms with Crippen molar-refractivity contribution < 1.29 is 4.79 Å². The molecule has 1 amide bonds. The van der Waals surface area contributed by atoms with Crippen molar-refractivity contribution in [2.75, 3.05) is 5.32 Å². The van der Waals surface area contributed by atoms with Crippen molar-refractivity contribution in [1.82, 2.24) is 9.78 Å². The standard InChI is InChI=1S/C22H21N3OS/c1-14-8-10-17(11-9-14)13-25-22-18(16(3)24-25)12-20(27-22)21(26)23-19-7-5-4-6-15(19)2/h4-12H,13H2,1-3H3,(H,23,26). The average Bonchev–Trinajstić information content (AvgIpc) is 3.21. The van der Waals surface area contributed by atoms with Gasteiger partial charge in [0.25, 0.3) is 5.91 Å². The molecule has 0 atom stereocenters. The zero-order chi connectivity index (χ0) is 19.0. The number of thiophene rings is 1. The fraction of sp³-hybridized carbons (Fsp3) is 0.182. The lowest BCUT2D eigenvalue weighted by Gasteiger charge is -2.06. The quantitative estimate of drug-likeness (QED) is 0.524. The monoisotopic (exact) mass is 375 g/mol. The molecule has 0 saturated carbocycles. The number of nitrogens with zero attached hydrogens (tertiary/aromatic N) is 2. The number of hydrogen-bond donors (Lipinski definition) is 1. The van der Waals surface area contributed by atoms with E-state index >= 15 is 0 Å². The van der Waals surface area contributed by atoms with Gasteiger partial charge in [-0.2, -0.15) is 5.10 Å². The molecule has 0 aliphatic rings. The molecule has 0 bridgehead atoms. The Morgan fingerprint density at radius 2 is 1.81 bits per heavy atom. The number of para-hydroxylation sites is 1. The van der Waals surface area contributed by atoms with Crippen molar-refractivity contribution in [3.8, 4) is 0 Å². The van der Waals surface area contributed by atoms with Gasteiger partial charge in [-0.1, -0.05) is 48.0 Å². The maximum Gasteiger partial charge on any atom is 0.265 e. The van der Waals surface area contributed by atoms with Gasteiger partial charge in [-0.15, -0.1) is 11.3 Å². The second kappa shape index (κ2) is 7.00. The Morgan fingerprint density at radius 1 is 1.07 bits per heavy atom. The number of aryl methyl sites for hydroxylation is 3. The fourth-order valence-corrected chi connectivity index (χ4v) is 4.15. The topological polar surface area (TPSA) is 46.9 Å². The first-order valence-electron chi connectivity index (χ1n) is 8.91. The maximum absolute atomic E-state index is 12.7. The van der Waals surface area contributed by atoms with Crippen molar-refractivity contribution >= 4 is 33.1 Å². The molecule has 2 heterocycles. The van der Waals surface area contributed by atoms with Gasteiger partial charge in [-0.25, -0.2) is 0 Å². The van der Waals surface area contributed by atoms with E-state index < -0.39 is 0 Å². The Hall–Kier alpha value is -2.92. The first kappa shape index (κ1) is 17.5. The summed E-state index contributed by atoms with van der Waals surface area (Å²) < 4.78 is 1.99. The molecule has 4 aromatic rings. The van der Waals surface area contributed by atoms with E-state index in [1.165, 1.54) is 22.5 Å². The zero-order valence-electron chi connectivity index (χ0n) is 15.6. The van der Waals surface area contributed by atoms with E-state index in [0.717, 1.165) is 27.2 Å². The van der Waals surface area contributed by atoms with Crippen LogP contribution in [0.1, 0.15) is 32.1 Å². The molecule has 0 fully saturated rings. The van der Waals surface area contributed by atoms with Crippen LogP contribution in [0.3, 0.4) is 0 Å². The number of anilines is 1. The molecule has 0 spiro atoms. The third-order valence-corrected chi connectivity index (χ3v) is 5.82. The number of carbonyl (C=O) groups is 1. The second-order valence-electron chi connectivity index (χ2n) is 6.83. The third kappa shape index (κ3) is 3.51. The first-order chi connectivity index (χ1) is 13.0. The van der Waals surface area contributed by atoms with Crippen LogP contribution in [0, 0.1) is 20.8 Å². The average molecular weight is 375 g/mol. The lowest BCUT2D eigenvalue weighted by atomic mass is 10.1. The summed E-state index contributed by atoms with van der Waals surface area (Å²) in [5.41, 5.74) is 5.28. The minimum absolute atomic E-state index is 0.0771. The molecule has 4 nitrogen and oxygen atoms in total. The molecule has 4 rings (SSSR count). The van der Waals surface area contributed by atoms with Gasteiger partial charge in [0.1, 0.15) is 4.83 Å². The van der Waals surface area contributed by atoms with Gasteiger partial charge in [0.05, 0.1) is 17.1 Å². The predicted molar refractivity (Wildman–Crippen MR) is 112 cm³/mol. The Bertz CT molecular complexity index is 1120. The third-order valence-electron chi connectivity index (χ3n) is 4.68. The molecule has 2 aromatic heterocycles. The summed E-state index contributed by atoms with van der Waals surface area (Å²) in [6.45, 7) is 6.76. The first-order valence-corrected chi connectivity index (χ1v) is 9.72. The Morgan fingerprint density at radius 3 is 2.56 bits per heavy atom. The molecule has 0 aliphatic heterocycles. The molecule has 136 valence electrons. The van der Waals surface area contributed by atoms with Crippen LogP contribution in [-0.4, -0.2) is 15.7 Å². The number of aromatic nitrogens is 2. The summed E-state index contributed by atoms with van der Waals surface area (Å²) in [4.78, 5) is 14.5. The van der Waals surface area contributed by atoms with E-state index in [2.05, 4.69) is 41.6 Å².